The lowest BCUT2D eigenvalue weighted by molar-refractivity contribution is 0.317. The van der Waals surface area contributed by atoms with Crippen molar-refractivity contribution in [2.75, 3.05) is 31.6 Å². The van der Waals surface area contributed by atoms with Crippen LogP contribution in [0.5, 0.6) is 0 Å². The van der Waals surface area contributed by atoms with Gasteiger partial charge in [-0.1, -0.05) is 18.9 Å². The molecule has 2 aliphatic rings. The van der Waals surface area contributed by atoms with E-state index in [1.165, 1.54) is 69.5 Å². The van der Waals surface area contributed by atoms with E-state index in [2.05, 4.69) is 29.0 Å². The molecule has 2 fully saturated rings. The third-order valence-electron chi connectivity index (χ3n) is 4.60. The number of pyridine rings is 1. The first-order chi connectivity index (χ1) is 9.36. The van der Waals surface area contributed by atoms with Crippen LogP contribution in [0.25, 0.3) is 0 Å². The van der Waals surface area contributed by atoms with E-state index in [9.17, 15) is 0 Å². The minimum absolute atomic E-state index is 0.576. The van der Waals surface area contributed by atoms with Gasteiger partial charge in [-0.25, -0.2) is 4.98 Å². The first kappa shape index (κ1) is 12.9. The number of hydrogen-bond acceptors (Lipinski definition) is 3. The van der Waals surface area contributed by atoms with Crippen LogP contribution in [0.4, 0.5) is 5.82 Å². The molecule has 1 unspecified atom stereocenters. The van der Waals surface area contributed by atoms with Gasteiger partial charge in [0.15, 0.2) is 0 Å². The Bertz CT molecular complexity index is 410. The number of anilines is 1. The zero-order valence-corrected chi connectivity index (χ0v) is 12.0. The first-order valence-electron chi connectivity index (χ1n) is 7.76. The van der Waals surface area contributed by atoms with Crippen molar-refractivity contribution in [2.45, 2.75) is 44.6 Å². The van der Waals surface area contributed by atoms with E-state index in [0.717, 1.165) is 0 Å². The molecule has 1 atom stereocenters. The van der Waals surface area contributed by atoms with Crippen LogP contribution in [0.15, 0.2) is 18.3 Å². The lowest BCUT2D eigenvalue weighted by atomic mass is 10.0. The second-order valence-electron chi connectivity index (χ2n) is 5.96. The molecule has 2 aliphatic heterocycles. The molecule has 3 heterocycles. The van der Waals surface area contributed by atoms with Gasteiger partial charge in [0.1, 0.15) is 5.82 Å². The topological polar surface area (TPSA) is 19.4 Å². The molecule has 104 valence electrons. The summed E-state index contributed by atoms with van der Waals surface area (Å²) in [5, 5.41) is 0. The van der Waals surface area contributed by atoms with Crippen LogP contribution in [0.2, 0.25) is 0 Å². The molecule has 1 aromatic rings. The molecule has 0 spiro atoms. The zero-order chi connectivity index (χ0) is 13.1. The van der Waals surface area contributed by atoms with Crippen molar-refractivity contribution in [1.29, 1.82) is 0 Å². The van der Waals surface area contributed by atoms with Crippen molar-refractivity contribution < 1.29 is 0 Å². The van der Waals surface area contributed by atoms with Crippen LogP contribution in [0, 0.1) is 0 Å². The van der Waals surface area contributed by atoms with Gasteiger partial charge in [-0.2, -0.15) is 0 Å². The minimum Gasteiger partial charge on any atom is -0.356 e. The summed E-state index contributed by atoms with van der Waals surface area (Å²) in [4.78, 5) is 9.73. The average Bonchev–Trinajstić information content (AvgIpc) is 2.71. The van der Waals surface area contributed by atoms with Crippen LogP contribution >= 0.6 is 0 Å². The molecule has 3 heteroatoms. The zero-order valence-electron chi connectivity index (χ0n) is 12.0. The Kier molecular flexibility index (Phi) is 4.02. The summed E-state index contributed by atoms with van der Waals surface area (Å²) in [6.45, 7) is 3.58. The Morgan fingerprint density at radius 1 is 1.05 bits per heavy atom. The summed E-state index contributed by atoms with van der Waals surface area (Å²) < 4.78 is 0. The van der Waals surface area contributed by atoms with Gasteiger partial charge in [0.25, 0.3) is 0 Å². The summed E-state index contributed by atoms with van der Waals surface area (Å²) in [5.41, 5.74) is 1.45. The van der Waals surface area contributed by atoms with Crippen molar-refractivity contribution >= 4 is 5.82 Å². The van der Waals surface area contributed by atoms with Gasteiger partial charge < -0.3 is 4.90 Å². The average molecular weight is 259 g/mol. The van der Waals surface area contributed by atoms with E-state index in [1.54, 1.807) is 0 Å². The van der Waals surface area contributed by atoms with Crippen LogP contribution in [0.1, 0.15) is 50.1 Å². The van der Waals surface area contributed by atoms with Crippen molar-refractivity contribution in [3.8, 4) is 0 Å². The molecule has 0 aliphatic carbocycles. The van der Waals surface area contributed by atoms with E-state index in [4.69, 9.17) is 4.98 Å². The maximum Gasteiger partial charge on any atom is 0.133 e. The fraction of sp³-hybridized carbons (Fsp3) is 0.688. The molecule has 1 aromatic heterocycles. The highest BCUT2D eigenvalue weighted by Gasteiger charge is 2.27. The smallest absolute Gasteiger partial charge is 0.133 e. The number of aromatic nitrogens is 1. The molecule has 3 nitrogen and oxygen atoms in total. The first-order valence-corrected chi connectivity index (χ1v) is 7.76. The van der Waals surface area contributed by atoms with Gasteiger partial charge in [-0.3, -0.25) is 4.90 Å². The third-order valence-corrected chi connectivity index (χ3v) is 4.60. The highest BCUT2D eigenvalue weighted by Crippen LogP contribution is 2.35. The largest absolute Gasteiger partial charge is 0.356 e. The third kappa shape index (κ3) is 2.76. The molecule has 19 heavy (non-hydrogen) atoms. The number of hydrogen-bond donors (Lipinski definition) is 0. The van der Waals surface area contributed by atoms with Gasteiger partial charge >= 0.3 is 0 Å². The summed E-state index contributed by atoms with van der Waals surface area (Å²) in [7, 11) is 2.25. The molecule has 0 aromatic carbocycles. The quantitative estimate of drug-likeness (QED) is 0.813. The monoisotopic (exact) mass is 259 g/mol. The van der Waals surface area contributed by atoms with Gasteiger partial charge in [-0.05, 0) is 45.3 Å². The minimum atomic E-state index is 0.576. The van der Waals surface area contributed by atoms with Gasteiger partial charge in [0, 0.05) is 30.9 Å². The molecule has 0 bridgehead atoms. The van der Waals surface area contributed by atoms with Gasteiger partial charge in [-0.15, -0.1) is 0 Å². The lowest BCUT2D eigenvalue weighted by Gasteiger charge is -2.28. The Labute approximate surface area is 116 Å². The highest BCUT2D eigenvalue weighted by atomic mass is 15.2. The molecular weight excluding hydrogens is 234 g/mol. The molecular formula is C16H25N3. The Morgan fingerprint density at radius 3 is 2.53 bits per heavy atom. The van der Waals surface area contributed by atoms with Crippen molar-refractivity contribution in [2.24, 2.45) is 0 Å². The number of nitrogens with zero attached hydrogens (tertiary/aromatic N) is 3. The summed E-state index contributed by atoms with van der Waals surface area (Å²) in [6, 6.07) is 4.97. The molecule has 0 amide bonds. The van der Waals surface area contributed by atoms with Crippen molar-refractivity contribution in [3.63, 3.8) is 0 Å². The van der Waals surface area contributed by atoms with Crippen LogP contribution < -0.4 is 4.90 Å². The maximum absolute atomic E-state index is 4.72. The molecule has 0 radical (unpaired) electrons. The fourth-order valence-corrected chi connectivity index (χ4v) is 3.52. The molecule has 2 saturated heterocycles. The van der Waals surface area contributed by atoms with E-state index in [-0.39, 0.29) is 0 Å². The summed E-state index contributed by atoms with van der Waals surface area (Å²) in [6.07, 6.45) is 9.94. The van der Waals surface area contributed by atoms with Gasteiger partial charge in [0.05, 0.1) is 0 Å². The van der Waals surface area contributed by atoms with Crippen molar-refractivity contribution in [1.82, 2.24) is 9.88 Å². The van der Waals surface area contributed by atoms with E-state index in [1.807, 2.05) is 6.20 Å². The maximum atomic E-state index is 4.72. The van der Waals surface area contributed by atoms with Crippen molar-refractivity contribution in [3.05, 3.63) is 23.9 Å². The fourth-order valence-electron chi connectivity index (χ4n) is 3.52. The molecule has 0 saturated carbocycles. The van der Waals surface area contributed by atoms with Crippen LogP contribution in [-0.4, -0.2) is 36.6 Å². The molecule has 0 N–H and O–H groups in total. The van der Waals surface area contributed by atoms with Crippen LogP contribution in [0.3, 0.4) is 0 Å². The predicted molar refractivity (Wildman–Crippen MR) is 79.5 cm³/mol. The van der Waals surface area contributed by atoms with E-state index < -0.39 is 0 Å². The van der Waals surface area contributed by atoms with E-state index in [0.29, 0.717) is 6.04 Å². The Morgan fingerprint density at radius 2 is 1.84 bits per heavy atom. The van der Waals surface area contributed by atoms with E-state index >= 15 is 0 Å². The second kappa shape index (κ2) is 5.91. The SMILES string of the molecule is CN1CCCC1c1cccnc1N1CCCCCC1. The van der Waals surface area contributed by atoms with Gasteiger partial charge in [0.2, 0.25) is 0 Å². The normalized spacial score (nSPS) is 25.5. The predicted octanol–water partition coefficient (Wildman–Crippen LogP) is 3.23. The number of rotatable bonds is 2. The molecule has 3 rings (SSSR count). The lowest BCUT2D eigenvalue weighted by Crippen LogP contribution is -2.28. The standard InChI is InChI=1S/C16H25N3/c1-18-11-7-9-15(18)14-8-6-10-17-16(14)19-12-4-2-3-5-13-19/h6,8,10,15H,2-5,7,9,11-13H2,1H3. The Hall–Kier alpha value is -1.09. The second-order valence-corrected chi connectivity index (χ2v) is 5.96. The summed E-state index contributed by atoms with van der Waals surface area (Å²) in [5.74, 6) is 1.25. The van der Waals surface area contributed by atoms with Crippen LogP contribution in [-0.2, 0) is 0 Å². The Balaban J connectivity index is 1.87. The summed E-state index contributed by atoms with van der Waals surface area (Å²) >= 11 is 0. The highest BCUT2D eigenvalue weighted by molar-refractivity contribution is 5.48. The number of likely N-dealkylation sites (tertiary alicyclic amines) is 1.